The van der Waals surface area contributed by atoms with Crippen molar-refractivity contribution < 1.29 is 14.6 Å². The van der Waals surface area contributed by atoms with Crippen LogP contribution < -0.4 is 4.74 Å². The number of hydrogen-bond acceptors (Lipinski definition) is 3. The first kappa shape index (κ1) is 11.6. The van der Waals surface area contributed by atoms with Crippen LogP contribution in [0.25, 0.3) is 0 Å². The summed E-state index contributed by atoms with van der Waals surface area (Å²) in [6, 6.07) is 7.55. The van der Waals surface area contributed by atoms with Crippen molar-refractivity contribution in [2.45, 2.75) is 19.6 Å². The zero-order valence-corrected chi connectivity index (χ0v) is 9.06. The smallest absolute Gasteiger partial charge is 0.118 e. The number of aliphatic hydroxyl groups excluding tert-OH is 1. The first-order chi connectivity index (χ1) is 7.13. The summed E-state index contributed by atoms with van der Waals surface area (Å²) in [7, 11) is 1.63. The van der Waals surface area contributed by atoms with Gasteiger partial charge in [0, 0.05) is 0 Å². The lowest BCUT2D eigenvalue weighted by Gasteiger charge is -2.11. The molecule has 1 N–H and O–H groups in total. The maximum Gasteiger partial charge on any atom is 0.118 e. The number of aliphatic hydroxyl groups is 1. The lowest BCUT2D eigenvalue weighted by atomic mass is 10.2. The zero-order chi connectivity index (χ0) is 11.3. The molecule has 82 valence electrons. The third kappa shape index (κ3) is 3.64. The van der Waals surface area contributed by atoms with Crippen LogP contribution in [-0.4, -0.2) is 18.3 Å². The Morgan fingerprint density at radius 3 is 2.47 bits per heavy atom. The second kappa shape index (κ2) is 5.41. The van der Waals surface area contributed by atoms with Crippen molar-refractivity contribution >= 4 is 0 Å². The molecule has 0 aliphatic rings. The fourth-order valence-corrected chi connectivity index (χ4v) is 1.02. The third-order valence-corrected chi connectivity index (χ3v) is 2.05. The molecule has 1 atom stereocenters. The van der Waals surface area contributed by atoms with Crippen molar-refractivity contribution in [1.29, 1.82) is 0 Å². The van der Waals surface area contributed by atoms with Gasteiger partial charge in [0.2, 0.25) is 0 Å². The fraction of sp³-hybridized carbons (Fsp3) is 0.333. The normalized spacial score (nSPS) is 11.9. The van der Waals surface area contributed by atoms with Gasteiger partial charge in [0.25, 0.3) is 0 Å². The van der Waals surface area contributed by atoms with Crippen LogP contribution in [0.15, 0.2) is 36.6 Å². The van der Waals surface area contributed by atoms with E-state index in [4.69, 9.17) is 14.6 Å². The van der Waals surface area contributed by atoms with Crippen molar-refractivity contribution in [3.05, 3.63) is 42.2 Å². The Kier molecular flexibility index (Phi) is 4.18. The van der Waals surface area contributed by atoms with Gasteiger partial charge in [-0.15, -0.1) is 0 Å². The quantitative estimate of drug-likeness (QED) is 0.753. The molecule has 0 aliphatic heterocycles. The summed E-state index contributed by atoms with van der Waals surface area (Å²) in [4.78, 5) is 0. The van der Waals surface area contributed by atoms with E-state index in [1.165, 1.54) is 0 Å². The van der Waals surface area contributed by atoms with E-state index >= 15 is 0 Å². The Bertz CT molecular complexity index is 314. The van der Waals surface area contributed by atoms with Crippen LogP contribution in [0.5, 0.6) is 5.75 Å². The van der Waals surface area contributed by atoms with Crippen LogP contribution in [-0.2, 0) is 11.3 Å². The molecule has 0 fully saturated rings. The van der Waals surface area contributed by atoms with E-state index in [0.29, 0.717) is 12.4 Å². The maximum absolute atomic E-state index is 9.14. The van der Waals surface area contributed by atoms with Crippen LogP contribution >= 0.6 is 0 Å². The highest BCUT2D eigenvalue weighted by Crippen LogP contribution is 2.13. The van der Waals surface area contributed by atoms with Gasteiger partial charge in [0.05, 0.1) is 7.11 Å². The minimum absolute atomic E-state index is 0.380. The number of hydrogen-bond donors (Lipinski definition) is 1. The molecule has 1 aromatic rings. The summed E-state index contributed by atoms with van der Waals surface area (Å²) >= 11 is 0. The Labute approximate surface area is 90.0 Å². The van der Waals surface area contributed by atoms with Crippen molar-refractivity contribution in [3.8, 4) is 5.75 Å². The summed E-state index contributed by atoms with van der Waals surface area (Å²) in [5, 5.41) is 9.14. The lowest BCUT2D eigenvalue weighted by Crippen LogP contribution is -2.06. The molecule has 1 unspecified atom stereocenters. The van der Waals surface area contributed by atoms with Gasteiger partial charge in [-0.2, -0.15) is 0 Å². The minimum atomic E-state index is -0.636. The first-order valence-electron chi connectivity index (χ1n) is 4.76. The van der Waals surface area contributed by atoms with Gasteiger partial charge in [-0.25, -0.2) is 0 Å². The molecule has 3 nitrogen and oxygen atoms in total. The van der Waals surface area contributed by atoms with E-state index < -0.39 is 6.10 Å². The van der Waals surface area contributed by atoms with Gasteiger partial charge >= 0.3 is 0 Å². The van der Waals surface area contributed by atoms with Gasteiger partial charge in [0.1, 0.15) is 24.2 Å². The van der Waals surface area contributed by atoms with Crippen LogP contribution in [0.4, 0.5) is 0 Å². The molecular weight excluding hydrogens is 192 g/mol. The van der Waals surface area contributed by atoms with Crippen molar-refractivity contribution in [2.75, 3.05) is 7.11 Å². The van der Waals surface area contributed by atoms with Crippen LogP contribution in [0.1, 0.15) is 12.5 Å². The van der Waals surface area contributed by atoms with Crippen molar-refractivity contribution in [3.63, 3.8) is 0 Å². The van der Waals surface area contributed by atoms with E-state index in [1.807, 2.05) is 24.3 Å². The van der Waals surface area contributed by atoms with Gasteiger partial charge in [0.15, 0.2) is 0 Å². The van der Waals surface area contributed by atoms with E-state index in [0.717, 1.165) is 11.3 Å². The Morgan fingerprint density at radius 1 is 1.40 bits per heavy atom. The maximum atomic E-state index is 9.14. The highest BCUT2D eigenvalue weighted by atomic mass is 16.5. The predicted octanol–water partition coefficient (Wildman–Crippen LogP) is 2.11. The summed E-state index contributed by atoms with van der Waals surface area (Å²) in [5.41, 5.74) is 1.01. The number of ether oxygens (including phenoxy) is 2. The molecule has 0 radical (unpaired) electrons. The molecule has 0 amide bonds. The fourth-order valence-electron chi connectivity index (χ4n) is 1.02. The topological polar surface area (TPSA) is 38.7 Å². The zero-order valence-electron chi connectivity index (χ0n) is 9.06. The standard InChI is InChI=1S/C12H16O3/c1-9(13)10(2)15-8-11-4-6-12(14-3)7-5-11/h4-7,9,13H,2,8H2,1,3H3. The average Bonchev–Trinajstić information content (AvgIpc) is 2.26. The average molecular weight is 208 g/mol. The predicted molar refractivity (Wildman–Crippen MR) is 58.6 cm³/mol. The summed E-state index contributed by atoms with van der Waals surface area (Å²) in [5.74, 6) is 1.19. The molecule has 0 saturated carbocycles. The highest BCUT2D eigenvalue weighted by Gasteiger charge is 2.02. The van der Waals surface area contributed by atoms with Crippen molar-refractivity contribution in [1.82, 2.24) is 0 Å². The van der Waals surface area contributed by atoms with Crippen molar-refractivity contribution in [2.24, 2.45) is 0 Å². The molecule has 15 heavy (non-hydrogen) atoms. The summed E-state index contributed by atoms with van der Waals surface area (Å²) in [6.45, 7) is 5.64. The second-order valence-corrected chi connectivity index (χ2v) is 3.28. The van der Waals surface area contributed by atoms with Gasteiger partial charge in [-0.3, -0.25) is 0 Å². The van der Waals surface area contributed by atoms with Gasteiger partial charge in [-0.05, 0) is 24.6 Å². The second-order valence-electron chi connectivity index (χ2n) is 3.28. The molecule has 3 heteroatoms. The first-order valence-corrected chi connectivity index (χ1v) is 4.76. The van der Waals surface area contributed by atoms with Gasteiger partial charge in [-0.1, -0.05) is 18.7 Å². The SMILES string of the molecule is C=C(OCc1ccc(OC)cc1)C(C)O. The highest BCUT2D eigenvalue weighted by molar-refractivity contribution is 5.26. The minimum Gasteiger partial charge on any atom is -0.497 e. The monoisotopic (exact) mass is 208 g/mol. The largest absolute Gasteiger partial charge is 0.497 e. The molecule has 0 aliphatic carbocycles. The number of methoxy groups -OCH3 is 1. The molecule has 0 heterocycles. The van der Waals surface area contributed by atoms with Crippen LogP contribution in [0.2, 0.25) is 0 Å². The molecule has 1 aromatic carbocycles. The summed E-state index contributed by atoms with van der Waals surface area (Å²) < 4.78 is 10.3. The van der Waals surface area contributed by atoms with Crippen LogP contribution in [0, 0.1) is 0 Å². The van der Waals surface area contributed by atoms with Gasteiger partial charge < -0.3 is 14.6 Å². The number of rotatable bonds is 5. The Hall–Kier alpha value is -1.48. The third-order valence-electron chi connectivity index (χ3n) is 2.05. The Morgan fingerprint density at radius 2 is 2.00 bits per heavy atom. The molecular formula is C12H16O3. The van der Waals surface area contributed by atoms with E-state index in [9.17, 15) is 0 Å². The summed E-state index contributed by atoms with van der Waals surface area (Å²) in [6.07, 6.45) is -0.636. The molecule has 0 aromatic heterocycles. The Balaban J connectivity index is 2.47. The number of benzene rings is 1. The van der Waals surface area contributed by atoms with E-state index in [2.05, 4.69) is 6.58 Å². The van der Waals surface area contributed by atoms with Crippen LogP contribution in [0.3, 0.4) is 0 Å². The molecule has 0 spiro atoms. The molecule has 1 rings (SSSR count). The lowest BCUT2D eigenvalue weighted by molar-refractivity contribution is 0.106. The van der Waals surface area contributed by atoms with E-state index in [1.54, 1.807) is 14.0 Å². The molecule has 0 saturated heterocycles. The van der Waals surface area contributed by atoms with E-state index in [-0.39, 0.29) is 0 Å². The molecule has 0 bridgehead atoms.